The molecule has 2 heterocycles. The predicted molar refractivity (Wildman–Crippen MR) is 68.8 cm³/mol. The van der Waals surface area contributed by atoms with Gasteiger partial charge in [0.05, 0.1) is 23.9 Å². The number of amides is 4. The van der Waals surface area contributed by atoms with Crippen LogP contribution in [-0.4, -0.2) is 62.5 Å². The van der Waals surface area contributed by atoms with Crippen molar-refractivity contribution < 1.29 is 9.59 Å². The maximum Gasteiger partial charge on any atom is 0.325 e. The van der Waals surface area contributed by atoms with Gasteiger partial charge in [-0.05, 0) is 0 Å². The molecular formula is C8H10Cl4N4O2. The summed E-state index contributed by atoms with van der Waals surface area (Å²) in [6.07, 6.45) is -0.662. The largest absolute Gasteiger partial charge is 0.325 e. The topological polar surface area (TPSA) is 55.9 Å². The molecule has 0 aliphatic carbocycles. The molecule has 0 saturated carbocycles. The highest BCUT2D eigenvalue weighted by atomic mass is 35.5. The third kappa shape index (κ3) is 1.56. The van der Waals surface area contributed by atoms with E-state index in [1.165, 1.54) is 14.7 Å². The molecule has 2 fully saturated rings. The quantitative estimate of drug-likeness (QED) is 0.626. The van der Waals surface area contributed by atoms with Crippen molar-refractivity contribution in [2.45, 2.75) is 11.8 Å². The van der Waals surface area contributed by atoms with Crippen LogP contribution >= 0.6 is 46.4 Å². The van der Waals surface area contributed by atoms with Crippen LogP contribution in [0.15, 0.2) is 0 Å². The van der Waals surface area contributed by atoms with Crippen molar-refractivity contribution in [3.05, 3.63) is 0 Å². The van der Waals surface area contributed by atoms with Crippen molar-refractivity contribution in [3.8, 4) is 0 Å². The molecule has 0 aromatic heterocycles. The molecule has 0 spiro atoms. The first-order chi connectivity index (χ1) is 8.58. The number of rotatable bonds is 4. The Labute approximate surface area is 124 Å². The van der Waals surface area contributed by atoms with Gasteiger partial charge in [-0.1, -0.05) is 0 Å². The maximum absolute atomic E-state index is 12.1. The molecule has 102 valence electrons. The zero-order valence-electron chi connectivity index (χ0n) is 9.08. The minimum absolute atomic E-state index is 0.0189. The molecule has 2 saturated heterocycles. The van der Waals surface area contributed by atoms with E-state index in [1.54, 1.807) is 0 Å². The number of hydrogen-bond donors (Lipinski definition) is 1. The molecular weight excluding hydrogens is 326 g/mol. The molecule has 10 heteroatoms. The Morgan fingerprint density at radius 3 is 2.11 bits per heavy atom. The third-order valence-electron chi connectivity index (χ3n) is 3.23. The standard InChI is InChI=1S/C8H10Cl4N4O2/c9-1-8-5(13-6(17)15(8)3-11)14(2-10)7(18)16(8)4-12/h5H,1-4H2,(H,13,17). The van der Waals surface area contributed by atoms with Crippen LogP contribution in [0.25, 0.3) is 0 Å². The van der Waals surface area contributed by atoms with Gasteiger partial charge in [0.2, 0.25) is 0 Å². The van der Waals surface area contributed by atoms with E-state index in [-0.39, 0.29) is 29.9 Å². The fourth-order valence-corrected chi connectivity index (χ4v) is 3.64. The van der Waals surface area contributed by atoms with E-state index >= 15 is 0 Å². The second kappa shape index (κ2) is 5.00. The van der Waals surface area contributed by atoms with Gasteiger partial charge in [-0.25, -0.2) is 9.59 Å². The SMILES string of the molecule is O=C1NC2N(CCl)C(=O)N(CCl)C2(CCl)N1CCl. The maximum atomic E-state index is 12.1. The summed E-state index contributed by atoms with van der Waals surface area (Å²) < 4.78 is 0. The smallest absolute Gasteiger partial charge is 0.313 e. The Morgan fingerprint density at radius 1 is 1.06 bits per heavy atom. The fraction of sp³-hybridized carbons (Fsp3) is 0.750. The Kier molecular flexibility index (Phi) is 3.92. The van der Waals surface area contributed by atoms with Crippen LogP contribution in [0.2, 0.25) is 0 Å². The van der Waals surface area contributed by atoms with E-state index in [1.807, 2.05) is 0 Å². The Hall–Kier alpha value is -0.300. The third-order valence-corrected chi connectivity index (χ3v) is 4.36. The highest BCUT2D eigenvalue weighted by Crippen LogP contribution is 2.40. The summed E-state index contributed by atoms with van der Waals surface area (Å²) in [4.78, 5) is 27.8. The second-order valence-corrected chi connectivity index (χ2v) is 4.82. The number of halogens is 4. The molecule has 2 aliphatic rings. The van der Waals surface area contributed by atoms with Gasteiger partial charge in [0.25, 0.3) is 0 Å². The van der Waals surface area contributed by atoms with Crippen LogP contribution in [0.1, 0.15) is 0 Å². The van der Waals surface area contributed by atoms with Crippen molar-refractivity contribution in [2.24, 2.45) is 0 Å². The van der Waals surface area contributed by atoms with Gasteiger partial charge in [-0.3, -0.25) is 14.7 Å². The van der Waals surface area contributed by atoms with Crippen molar-refractivity contribution in [3.63, 3.8) is 0 Å². The number of carbonyl (C=O) groups is 2. The number of fused-ring (bicyclic) bond motifs is 1. The van der Waals surface area contributed by atoms with Gasteiger partial charge in [0, 0.05) is 0 Å². The number of urea groups is 2. The monoisotopic (exact) mass is 334 g/mol. The molecule has 2 atom stereocenters. The van der Waals surface area contributed by atoms with Crippen LogP contribution in [0, 0.1) is 0 Å². The zero-order chi connectivity index (χ0) is 13.5. The van der Waals surface area contributed by atoms with Crippen molar-refractivity contribution in [1.29, 1.82) is 0 Å². The number of nitrogens with one attached hydrogen (secondary N) is 1. The highest BCUT2D eigenvalue weighted by Gasteiger charge is 2.65. The van der Waals surface area contributed by atoms with Crippen LogP contribution in [-0.2, 0) is 0 Å². The van der Waals surface area contributed by atoms with Crippen molar-refractivity contribution in [1.82, 2.24) is 20.0 Å². The molecule has 0 aromatic carbocycles. The van der Waals surface area contributed by atoms with E-state index < -0.39 is 17.9 Å². The molecule has 2 aliphatic heterocycles. The van der Waals surface area contributed by atoms with E-state index in [0.717, 1.165) is 0 Å². The lowest BCUT2D eigenvalue weighted by Crippen LogP contribution is -2.61. The summed E-state index contributed by atoms with van der Waals surface area (Å²) in [5.74, 6) is -0.0189. The average molecular weight is 336 g/mol. The highest BCUT2D eigenvalue weighted by molar-refractivity contribution is 6.22. The molecule has 6 nitrogen and oxygen atoms in total. The summed E-state index contributed by atoms with van der Waals surface area (Å²) in [5.41, 5.74) is -1.10. The first-order valence-corrected chi connectivity index (χ1v) is 7.12. The van der Waals surface area contributed by atoms with Crippen LogP contribution in [0.5, 0.6) is 0 Å². The Morgan fingerprint density at radius 2 is 1.67 bits per heavy atom. The zero-order valence-corrected chi connectivity index (χ0v) is 12.1. The lowest BCUT2D eigenvalue weighted by atomic mass is 10.1. The molecule has 4 amide bonds. The van der Waals surface area contributed by atoms with Gasteiger partial charge in [-0.15, -0.1) is 46.4 Å². The summed E-state index contributed by atoms with van der Waals surface area (Å²) in [7, 11) is 0. The Balaban J connectivity index is 2.51. The van der Waals surface area contributed by atoms with Gasteiger partial charge >= 0.3 is 12.1 Å². The lowest BCUT2D eigenvalue weighted by molar-refractivity contribution is 0.0676. The fourth-order valence-electron chi connectivity index (χ4n) is 2.34. The normalized spacial score (nSPS) is 31.1. The molecule has 0 aromatic rings. The summed E-state index contributed by atoms with van der Waals surface area (Å²) >= 11 is 23.3. The minimum Gasteiger partial charge on any atom is -0.313 e. The van der Waals surface area contributed by atoms with E-state index in [9.17, 15) is 9.59 Å². The van der Waals surface area contributed by atoms with Gasteiger partial charge in [0.15, 0.2) is 11.8 Å². The average Bonchev–Trinajstić information content (AvgIpc) is 2.76. The summed E-state index contributed by atoms with van der Waals surface area (Å²) in [5, 5.41) is 2.64. The summed E-state index contributed by atoms with van der Waals surface area (Å²) in [6.45, 7) is 0. The predicted octanol–water partition coefficient (Wildman–Crippen LogP) is 1.60. The van der Waals surface area contributed by atoms with Crippen molar-refractivity contribution in [2.75, 3.05) is 23.9 Å². The van der Waals surface area contributed by atoms with Crippen LogP contribution in [0.4, 0.5) is 9.59 Å². The molecule has 0 bridgehead atoms. The number of nitrogens with zero attached hydrogens (tertiary/aromatic N) is 3. The molecule has 2 unspecified atom stereocenters. The van der Waals surface area contributed by atoms with E-state index in [2.05, 4.69) is 5.32 Å². The minimum atomic E-state index is -1.10. The van der Waals surface area contributed by atoms with Gasteiger partial charge < -0.3 is 5.32 Å². The van der Waals surface area contributed by atoms with E-state index in [0.29, 0.717) is 0 Å². The first-order valence-electron chi connectivity index (χ1n) is 4.98. The van der Waals surface area contributed by atoms with E-state index in [4.69, 9.17) is 46.4 Å². The molecule has 18 heavy (non-hydrogen) atoms. The van der Waals surface area contributed by atoms with Gasteiger partial charge in [0.1, 0.15) is 0 Å². The van der Waals surface area contributed by atoms with Crippen LogP contribution in [0.3, 0.4) is 0 Å². The Bertz CT molecular complexity index is 384. The second-order valence-electron chi connectivity index (χ2n) is 3.83. The number of alkyl halides is 4. The van der Waals surface area contributed by atoms with Gasteiger partial charge in [-0.2, -0.15) is 0 Å². The number of carbonyl (C=O) groups excluding carboxylic acids is 2. The molecule has 1 N–H and O–H groups in total. The number of hydrogen-bond acceptors (Lipinski definition) is 2. The lowest BCUT2D eigenvalue weighted by Gasteiger charge is -2.38. The molecule has 0 radical (unpaired) electrons. The summed E-state index contributed by atoms with van der Waals surface area (Å²) in [6, 6.07) is -1.09. The molecule has 2 rings (SSSR count). The van der Waals surface area contributed by atoms with Crippen LogP contribution < -0.4 is 5.32 Å². The first kappa shape index (κ1) is 14.1. The van der Waals surface area contributed by atoms with Crippen molar-refractivity contribution >= 4 is 58.5 Å².